The van der Waals surface area contributed by atoms with Crippen molar-refractivity contribution in [2.45, 2.75) is 30.2 Å². The molecular formula is C28H32N4O8S2. The molecule has 2 aliphatic rings. The van der Waals surface area contributed by atoms with Gasteiger partial charge in [-0.05, 0) is 48.7 Å². The van der Waals surface area contributed by atoms with E-state index in [9.17, 15) is 23.1 Å². The van der Waals surface area contributed by atoms with Gasteiger partial charge in [-0.15, -0.1) is 11.3 Å². The van der Waals surface area contributed by atoms with Gasteiger partial charge in [0.15, 0.2) is 11.5 Å². The van der Waals surface area contributed by atoms with Gasteiger partial charge in [0, 0.05) is 37.0 Å². The Morgan fingerprint density at radius 3 is 2.50 bits per heavy atom. The summed E-state index contributed by atoms with van der Waals surface area (Å²) in [5.74, 6) is 0.701. The molecule has 0 unspecified atom stereocenters. The van der Waals surface area contributed by atoms with Crippen molar-refractivity contribution in [2.24, 2.45) is 5.92 Å². The molecule has 0 saturated carbocycles. The van der Waals surface area contributed by atoms with E-state index in [2.05, 4.69) is 10.6 Å². The van der Waals surface area contributed by atoms with Crippen LogP contribution in [0.2, 0.25) is 0 Å². The lowest BCUT2D eigenvalue weighted by Gasteiger charge is -2.38. The number of carbonyl (C=O) groups is 2. The predicted molar refractivity (Wildman–Crippen MR) is 157 cm³/mol. The molecule has 3 amide bonds. The molecule has 5 rings (SSSR count). The van der Waals surface area contributed by atoms with Gasteiger partial charge in [0.05, 0.1) is 24.8 Å². The summed E-state index contributed by atoms with van der Waals surface area (Å²) in [7, 11) is -2.23. The van der Waals surface area contributed by atoms with Crippen LogP contribution in [-0.4, -0.2) is 80.4 Å². The number of hydrogen-bond donors (Lipinski definition) is 3. The Hall–Kier alpha value is -3.85. The Balaban J connectivity index is 1.38. The maximum atomic E-state index is 13.7. The molecule has 3 N–H and O–H groups in total. The molecule has 14 heteroatoms. The van der Waals surface area contributed by atoms with Gasteiger partial charge >= 0.3 is 6.03 Å². The summed E-state index contributed by atoms with van der Waals surface area (Å²) < 4.78 is 44.6. The van der Waals surface area contributed by atoms with Crippen LogP contribution >= 0.6 is 11.3 Å². The Morgan fingerprint density at radius 2 is 1.81 bits per heavy atom. The number of benzene rings is 2. The van der Waals surface area contributed by atoms with Crippen LogP contribution in [0, 0.1) is 5.92 Å². The van der Waals surface area contributed by atoms with Crippen LogP contribution in [0.15, 0.2) is 58.1 Å². The number of anilines is 2. The number of sulfonamides is 1. The number of rotatable bonds is 8. The van der Waals surface area contributed by atoms with E-state index in [1.165, 1.54) is 17.4 Å². The van der Waals surface area contributed by atoms with E-state index in [0.29, 0.717) is 22.9 Å². The van der Waals surface area contributed by atoms with Crippen LogP contribution in [0.25, 0.3) is 0 Å². The monoisotopic (exact) mass is 616 g/mol. The van der Waals surface area contributed by atoms with Crippen molar-refractivity contribution < 1.29 is 37.3 Å². The molecule has 1 aromatic heterocycles. The molecule has 3 heterocycles. The highest BCUT2D eigenvalue weighted by Crippen LogP contribution is 2.35. The number of aliphatic hydroxyl groups is 1. The molecular weight excluding hydrogens is 584 g/mol. The summed E-state index contributed by atoms with van der Waals surface area (Å²) >= 11 is 1.13. The van der Waals surface area contributed by atoms with Gasteiger partial charge in [-0.2, -0.15) is 4.31 Å². The summed E-state index contributed by atoms with van der Waals surface area (Å²) in [6.45, 7) is 3.72. The van der Waals surface area contributed by atoms with Crippen LogP contribution in [0.1, 0.15) is 24.2 Å². The van der Waals surface area contributed by atoms with Gasteiger partial charge < -0.3 is 34.9 Å². The normalized spacial score (nSPS) is 19.0. The van der Waals surface area contributed by atoms with Crippen LogP contribution in [-0.2, 0) is 10.0 Å². The van der Waals surface area contributed by atoms with Crippen LogP contribution in [0.3, 0.4) is 0 Å². The largest absolute Gasteiger partial charge is 0.488 e. The lowest BCUT2D eigenvalue weighted by Crippen LogP contribution is -2.50. The Labute approximate surface area is 247 Å². The molecule has 3 aromatic rings. The molecule has 0 fully saturated rings. The first-order chi connectivity index (χ1) is 20.1. The third-order valence-electron chi connectivity index (χ3n) is 7.15. The number of ether oxygens (including phenoxy) is 3. The SMILES string of the molecule is C[C@@H]1CN([C@H](C)CO)C(=O)c2cc(NC(=O)Nc3ccc4c(c3)OCO4)ccc2O[C@H]1CN(C)S(=O)(=O)c1cccs1. The summed E-state index contributed by atoms with van der Waals surface area (Å²) in [4.78, 5) is 28.0. The predicted octanol–water partition coefficient (Wildman–Crippen LogP) is 3.66. The van der Waals surface area contributed by atoms with E-state index in [1.807, 2.05) is 6.92 Å². The van der Waals surface area contributed by atoms with Gasteiger partial charge in [-0.1, -0.05) is 13.0 Å². The van der Waals surface area contributed by atoms with Gasteiger partial charge in [-0.25, -0.2) is 13.2 Å². The summed E-state index contributed by atoms with van der Waals surface area (Å²) in [6, 6.07) is 11.9. The highest BCUT2D eigenvalue weighted by Gasteiger charge is 2.35. The van der Waals surface area contributed by atoms with Crippen molar-refractivity contribution in [3.8, 4) is 17.2 Å². The quantitative estimate of drug-likeness (QED) is 0.348. The van der Waals surface area contributed by atoms with Crippen LogP contribution in [0.4, 0.5) is 16.2 Å². The fraction of sp³-hybridized carbons (Fsp3) is 0.357. The molecule has 0 radical (unpaired) electrons. The molecule has 2 aromatic carbocycles. The van der Waals surface area contributed by atoms with Crippen molar-refractivity contribution >= 4 is 44.7 Å². The lowest BCUT2D eigenvalue weighted by atomic mass is 9.99. The highest BCUT2D eigenvalue weighted by molar-refractivity contribution is 7.91. The van der Waals surface area contributed by atoms with E-state index >= 15 is 0 Å². The van der Waals surface area contributed by atoms with E-state index in [0.717, 1.165) is 11.3 Å². The number of hydrogen-bond acceptors (Lipinski definition) is 9. The van der Waals surface area contributed by atoms with Crippen molar-refractivity contribution in [3.05, 3.63) is 59.5 Å². The van der Waals surface area contributed by atoms with E-state index in [4.69, 9.17) is 14.2 Å². The second kappa shape index (κ2) is 12.2. The van der Waals surface area contributed by atoms with Gasteiger partial charge in [0.1, 0.15) is 16.1 Å². The van der Waals surface area contributed by atoms with Gasteiger partial charge in [0.25, 0.3) is 15.9 Å². The molecule has 12 nitrogen and oxygen atoms in total. The Bertz CT molecular complexity index is 1560. The average molecular weight is 617 g/mol. The first kappa shape index (κ1) is 29.6. The van der Waals surface area contributed by atoms with E-state index in [-0.39, 0.29) is 53.8 Å². The topological polar surface area (TPSA) is 147 Å². The van der Waals surface area contributed by atoms with Crippen molar-refractivity contribution in [3.63, 3.8) is 0 Å². The molecule has 0 saturated heterocycles. The summed E-state index contributed by atoms with van der Waals surface area (Å²) in [6.07, 6.45) is -0.613. The first-order valence-corrected chi connectivity index (χ1v) is 15.6. The fourth-order valence-electron chi connectivity index (χ4n) is 4.70. The molecule has 0 aliphatic carbocycles. The summed E-state index contributed by atoms with van der Waals surface area (Å²) in [5.41, 5.74) is 1.00. The smallest absolute Gasteiger partial charge is 0.323 e. The number of aliphatic hydroxyl groups excluding tert-OH is 1. The number of likely N-dealkylation sites (N-methyl/N-ethyl adjacent to an activating group) is 1. The second-order valence-electron chi connectivity index (χ2n) is 10.2. The molecule has 2 aliphatic heterocycles. The Kier molecular flexibility index (Phi) is 8.59. The zero-order valence-corrected chi connectivity index (χ0v) is 24.9. The number of amides is 3. The molecule has 224 valence electrons. The minimum atomic E-state index is -3.73. The highest BCUT2D eigenvalue weighted by atomic mass is 32.2. The second-order valence-corrected chi connectivity index (χ2v) is 13.4. The maximum absolute atomic E-state index is 13.7. The molecule has 42 heavy (non-hydrogen) atoms. The van der Waals surface area contributed by atoms with E-state index in [1.54, 1.807) is 59.7 Å². The third kappa shape index (κ3) is 6.16. The zero-order chi connectivity index (χ0) is 30.0. The third-order valence-corrected chi connectivity index (χ3v) is 10.3. The van der Waals surface area contributed by atoms with Crippen LogP contribution < -0.4 is 24.8 Å². The lowest BCUT2D eigenvalue weighted by molar-refractivity contribution is 0.0387. The van der Waals surface area contributed by atoms with Crippen molar-refractivity contribution in [1.82, 2.24) is 9.21 Å². The minimum Gasteiger partial charge on any atom is -0.488 e. The molecule has 3 atom stereocenters. The van der Waals surface area contributed by atoms with Gasteiger partial charge in [0.2, 0.25) is 6.79 Å². The average Bonchev–Trinajstić information content (AvgIpc) is 3.67. The number of nitrogens with zero attached hydrogens (tertiary/aromatic N) is 2. The molecule has 0 bridgehead atoms. The maximum Gasteiger partial charge on any atom is 0.323 e. The van der Waals surface area contributed by atoms with Crippen molar-refractivity contribution in [2.75, 3.05) is 44.2 Å². The number of thiophene rings is 1. The standard InChI is InChI=1S/C28H32N4O8S2/c1-17-13-32(18(2)15-33)27(34)21-11-19(29-28(35)30-20-7-9-23-24(12-20)39-16-38-23)6-8-22(21)40-25(17)14-31(3)42(36,37)26-5-4-10-41-26/h4-12,17-18,25,33H,13-16H2,1-3H3,(H2,29,30,35)/t17-,18-,25+/m1/s1. The number of urea groups is 1. The Morgan fingerprint density at radius 1 is 1.12 bits per heavy atom. The minimum absolute atomic E-state index is 0.0360. The van der Waals surface area contributed by atoms with Crippen molar-refractivity contribution in [1.29, 1.82) is 0 Å². The fourth-order valence-corrected chi connectivity index (χ4v) is 7.09. The van der Waals surface area contributed by atoms with E-state index < -0.39 is 28.2 Å². The number of fused-ring (bicyclic) bond motifs is 2. The summed E-state index contributed by atoms with van der Waals surface area (Å²) in [5, 5.41) is 17.1. The number of carbonyl (C=O) groups excluding carboxylic acids is 2. The number of nitrogens with one attached hydrogen (secondary N) is 2. The first-order valence-electron chi connectivity index (χ1n) is 13.3. The molecule has 0 spiro atoms. The zero-order valence-electron chi connectivity index (χ0n) is 23.3. The van der Waals surface area contributed by atoms with Gasteiger partial charge in [-0.3, -0.25) is 4.79 Å². The van der Waals surface area contributed by atoms with Crippen LogP contribution in [0.5, 0.6) is 17.2 Å².